The summed E-state index contributed by atoms with van der Waals surface area (Å²) in [4.78, 5) is 16.3. The van der Waals surface area contributed by atoms with Crippen molar-refractivity contribution in [2.75, 3.05) is 26.7 Å². The van der Waals surface area contributed by atoms with E-state index in [0.717, 1.165) is 49.5 Å². The van der Waals surface area contributed by atoms with Crippen LogP contribution in [0.4, 0.5) is 0 Å². The van der Waals surface area contributed by atoms with Gasteiger partial charge in [-0.3, -0.25) is 4.79 Å². The molecule has 0 N–H and O–H groups in total. The van der Waals surface area contributed by atoms with Gasteiger partial charge in [0.05, 0.1) is 5.60 Å². The van der Waals surface area contributed by atoms with E-state index in [1.807, 2.05) is 29.2 Å². The van der Waals surface area contributed by atoms with E-state index in [4.69, 9.17) is 16.3 Å². The quantitative estimate of drug-likeness (QED) is 0.732. The standard InChI is InChI=1S/C20H31ClN2O2/c1-16(24)23(15-17-6-8-18(21)9-7-17)12-5-11-22(4)19-10-13-25-20(2,3)14-19/h6-9,19H,5,10-15H2,1-4H3. The van der Waals surface area contributed by atoms with Gasteiger partial charge in [-0.05, 0) is 64.4 Å². The Morgan fingerprint density at radius 2 is 1.96 bits per heavy atom. The maximum atomic E-state index is 11.9. The smallest absolute Gasteiger partial charge is 0.219 e. The summed E-state index contributed by atoms with van der Waals surface area (Å²) < 4.78 is 5.81. The van der Waals surface area contributed by atoms with E-state index in [9.17, 15) is 4.79 Å². The molecule has 0 saturated carbocycles. The molecule has 0 radical (unpaired) electrons. The zero-order valence-electron chi connectivity index (χ0n) is 15.9. The lowest BCUT2D eigenvalue weighted by atomic mass is 9.93. The van der Waals surface area contributed by atoms with Crippen LogP contribution in [0.1, 0.15) is 45.6 Å². The number of halogens is 1. The summed E-state index contributed by atoms with van der Waals surface area (Å²) in [6.07, 6.45) is 3.12. The summed E-state index contributed by atoms with van der Waals surface area (Å²) in [5.74, 6) is 0.116. The van der Waals surface area contributed by atoms with Crippen LogP contribution < -0.4 is 0 Å². The van der Waals surface area contributed by atoms with Crippen LogP contribution in [-0.2, 0) is 16.1 Å². The van der Waals surface area contributed by atoms with Crippen LogP contribution in [0, 0.1) is 0 Å². The highest BCUT2D eigenvalue weighted by Gasteiger charge is 2.30. The van der Waals surface area contributed by atoms with Crippen molar-refractivity contribution < 1.29 is 9.53 Å². The third-order valence-corrected chi connectivity index (χ3v) is 5.22. The molecule has 0 aromatic heterocycles. The van der Waals surface area contributed by atoms with Gasteiger partial charge < -0.3 is 14.5 Å². The lowest BCUT2D eigenvalue weighted by Gasteiger charge is -2.40. The van der Waals surface area contributed by atoms with E-state index in [1.165, 1.54) is 0 Å². The molecule has 25 heavy (non-hydrogen) atoms. The summed E-state index contributed by atoms with van der Waals surface area (Å²) in [5, 5.41) is 0.721. The Hall–Kier alpha value is -1.10. The summed E-state index contributed by atoms with van der Waals surface area (Å²) in [5.41, 5.74) is 1.08. The van der Waals surface area contributed by atoms with Gasteiger partial charge in [0.25, 0.3) is 0 Å². The molecule has 1 heterocycles. The van der Waals surface area contributed by atoms with Crippen molar-refractivity contribution in [3.63, 3.8) is 0 Å². The number of hydrogen-bond donors (Lipinski definition) is 0. The number of ether oxygens (including phenoxy) is 1. The van der Waals surface area contributed by atoms with Crippen molar-refractivity contribution in [1.82, 2.24) is 9.80 Å². The van der Waals surface area contributed by atoms with E-state index < -0.39 is 0 Å². The van der Waals surface area contributed by atoms with Crippen LogP contribution in [0.5, 0.6) is 0 Å². The van der Waals surface area contributed by atoms with E-state index in [1.54, 1.807) is 6.92 Å². The first-order chi connectivity index (χ1) is 11.8. The molecule has 0 spiro atoms. The monoisotopic (exact) mass is 366 g/mol. The summed E-state index contributed by atoms with van der Waals surface area (Å²) in [6.45, 7) is 9.20. The maximum Gasteiger partial charge on any atom is 0.219 e. The molecule has 1 unspecified atom stereocenters. The fourth-order valence-corrected chi connectivity index (χ4v) is 3.55. The number of carbonyl (C=O) groups is 1. The molecule has 1 aliphatic rings. The minimum Gasteiger partial charge on any atom is -0.375 e. The molecule has 140 valence electrons. The Morgan fingerprint density at radius 3 is 2.56 bits per heavy atom. The molecule has 1 atom stereocenters. The second-order valence-corrected chi connectivity index (χ2v) is 8.09. The molecule has 1 aliphatic heterocycles. The number of amides is 1. The van der Waals surface area contributed by atoms with Crippen molar-refractivity contribution >= 4 is 17.5 Å². The molecule has 5 heteroatoms. The van der Waals surface area contributed by atoms with E-state index in [0.29, 0.717) is 12.6 Å². The highest BCUT2D eigenvalue weighted by atomic mass is 35.5. The Balaban J connectivity index is 1.80. The highest BCUT2D eigenvalue weighted by molar-refractivity contribution is 6.30. The molecule has 1 fully saturated rings. The van der Waals surface area contributed by atoms with Gasteiger partial charge in [0, 0.05) is 37.7 Å². The minimum atomic E-state index is -0.0306. The number of rotatable bonds is 7. The fourth-order valence-electron chi connectivity index (χ4n) is 3.43. The zero-order valence-corrected chi connectivity index (χ0v) is 16.7. The van der Waals surface area contributed by atoms with E-state index in [-0.39, 0.29) is 11.5 Å². The Bertz CT molecular complexity index is 559. The molecule has 1 amide bonds. The zero-order chi connectivity index (χ0) is 18.4. The van der Waals surface area contributed by atoms with Crippen molar-refractivity contribution in [2.24, 2.45) is 0 Å². The number of carbonyl (C=O) groups excluding carboxylic acids is 1. The lowest BCUT2D eigenvalue weighted by Crippen LogP contribution is -2.45. The fraction of sp³-hybridized carbons (Fsp3) is 0.650. The predicted octanol–water partition coefficient (Wildman–Crippen LogP) is 3.97. The van der Waals surface area contributed by atoms with Gasteiger partial charge in [0.15, 0.2) is 0 Å². The van der Waals surface area contributed by atoms with E-state index >= 15 is 0 Å². The topological polar surface area (TPSA) is 32.8 Å². The van der Waals surface area contributed by atoms with Gasteiger partial charge in [-0.25, -0.2) is 0 Å². The molecular formula is C20H31ClN2O2. The van der Waals surface area contributed by atoms with Crippen molar-refractivity contribution in [2.45, 2.75) is 58.2 Å². The van der Waals surface area contributed by atoms with Crippen LogP contribution in [0.25, 0.3) is 0 Å². The Kier molecular flexibility index (Phi) is 7.29. The SMILES string of the molecule is CC(=O)N(CCCN(C)C1CCOC(C)(C)C1)Cc1ccc(Cl)cc1. The molecule has 1 aromatic rings. The molecule has 0 aliphatic carbocycles. The van der Waals surface area contributed by atoms with Gasteiger partial charge in [-0.1, -0.05) is 23.7 Å². The molecule has 4 nitrogen and oxygen atoms in total. The third kappa shape index (κ3) is 6.61. The second-order valence-electron chi connectivity index (χ2n) is 7.66. The van der Waals surface area contributed by atoms with Crippen LogP contribution in [-0.4, -0.2) is 54.1 Å². The molecule has 1 saturated heterocycles. The number of hydrogen-bond acceptors (Lipinski definition) is 3. The average Bonchev–Trinajstić information content (AvgIpc) is 2.54. The first kappa shape index (κ1) is 20.2. The van der Waals surface area contributed by atoms with Crippen molar-refractivity contribution in [3.05, 3.63) is 34.9 Å². The summed E-state index contributed by atoms with van der Waals surface area (Å²) >= 11 is 5.93. The Labute approximate surface area is 157 Å². The predicted molar refractivity (Wildman–Crippen MR) is 103 cm³/mol. The Morgan fingerprint density at radius 1 is 1.28 bits per heavy atom. The van der Waals surface area contributed by atoms with Crippen molar-refractivity contribution in [3.8, 4) is 0 Å². The molecular weight excluding hydrogens is 336 g/mol. The lowest BCUT2D eigenvalue weighted by molar-refractivity contribution is -0.129. The third-order valence-electron chi connectivity index (χ3n) is 4.97. The van der Waals surface area contributed by atoms with E-state index in [2.05, 4.69) is 25.8 Å². The van der Waals surface area contributed by atoms with Crippen LogP contribution in [0.15, 0.2) is 24.3 Å². The summed E-state index contributed by atoms with van der Waals surface area (Å²) in [7, 11) is 2.18. The minimum absolute atomic E-state index is 0.0306. The first-order valence-corrected chi connectivity index (χ1v) is 9.49. The number of nitrogens with zero attached hydrogens (tertiary/aromatic N) is 2. The van der Waals surface area contributed by atoms with Crippen LogP contribution >= 0.6 is 11.6 Å². The first-order valence-electron chi connectivity index (χ1n) is 9.11. The van der Waals surface area contributed by atoms with Crippen molar-refractivity contribution in [1.29, 1.82) is 0 Å². The van der Waals surface area contributed by atoms with Crippen LogP contribution in [0.3, 0.4) is 0 Å². The van der Waals surface area contributed by atoms with Gasteiger partial charge in [0.2, 0.25) is 5.91 Å². The van der Waals surface area contributed by atoms with Crippen LogP contribution in [0.2, 0.25) is 5.02 Å². The normalized spacial score (nSPS) is 19.8. The molecule has 0 bridgehead atoms. The summed E-state index contributed by atoms with van der Waals surface area (Å²) in [6, 6.07) is 8.26. The average molecular weight is 367 g/mol. The largest absolute Gasteiger partial charge is 0.375 e. The highest BCUT2D eigenvalue weighted by Crippen LogP contribution is 2.26. The maximum absolute atomic E-state index is 11.9. The molecule has 2 rings (SSSR count). The number of benzene rings is 1. The van der Waals surface area contributed by atoms with Gasteiger partial charge in [-0.2, -0.15) is 0 Å². The second kappa shape index (κ2) is 9.02. The van der Waals surface area contributed by atoms with Gasteiger partial charge >= 0.3 is 0 Å². The van der Waals surface area contributed by atoms with Gasteiger partial charge in [-0.15, -0.1) is 0 Å². The van der Waals surface area contributed by atoms with Gasteiger partial charge in [0.1, 0.15) is 0 Å². The molecule has 1 aromatic carbocycles.